The lowest BCUT2D eigenvalue weighted by Gasteiger charge is -2.24. The van der Waals surface area contributed by atoms with Crippen molar-refractivity contribution in [1.29, 1.82) is 0 Å². The molecule has 1 unspecified atom stereocenters. The van der Waals surface area contributed by atoms with Crippen molar-refractivity contribution in [3.05, 3.63) is 46.6 Å². The van der Waals surface area contributed by atoms with Crippen LogP contribution < -0.4 is 10.5 Å². The Labute approximate surface area is 126 Å². The number of nitrogens with two attached hydrogens (primary N) is 1. The number of hydrogen-bond acceptors (Lipinski definition) is 5. The fraction of sp³-hybridized carbons (Fsp3) is 0.250. The second-order valence-electron chi connectivity index (χ2n) is 5.36. The Morgan fingerprint density at radius 3 is 3.05 bits per heavy atom. The third-order valence-electron chi connectivity index (χ3n) is 3.81. The number of nitrogen functional groups attached to an aromatic ring is 1. The lowest BCUT2D eigenvalue weighted by Crippen LogP contribution is -2.21. The summed E-state index contributed by atoms with van der Waals surface area (Å²) in [7, 11) is 0. The minimum Gasteiger partial charge on any atom is -0.493 e. The van der Waals surface area contributed by atoms with Gasteiger partial charge in [0.25, 0.3) is 0 Å². The number of hydrogen-bond donors (Lipinski definition) is 1. The molecule has 3 heterocycles. The summed E-state index contributed by atoms with van der Waals surface area (Å²) in [6.07, 6.45) is 0.894. The molecule has 1 aliphatic rings. The number of ether oxygens (including phenoxy) is 1. The van der Waals surface area contributed by atoms with Gasteiger partial charge >= 0.3 is 0 Å². The largest absolute Gasteiger partial charge is 0.493 e. The fourth-order valence-electron chi connectivity index (χ4n) is 2.76. The smallest absolute Gasteiger partial charge is 0.139 e. The van der Waals surface area contributed by atoms with Crippen LogP contribution in [0.4, 0.5) is 5.82 Å². The van der Waals surface area contributed by atoms with E-state index in [1.807, 2.05) is 24.3 Å². The Bertz CT molecular complexity index is 828. The van der Waals surface area contributed by atoms with Crippen molar-refractivity contribution < 1.29 is 4.74 Å². The Kier molecular flexibility index (Phi) is 2.82. The summed E-state index contributed by atoms with van der Waals surface area (Å²) in [4.78, 5) is 11.4. The maximum absolute atomic E-state index is 6.09. The van der Waals surface area contributed by atoms with Gasteiger partial charge in [-0.05, 0) is 31.0 Å². The molecule has 0 saturated heterocycles. The topological polar surface area (TPSA) is 61.0 Å². The molecule has 1 aromatic carbocycles. The van der Waals surface area contributed by atoms with Crippen LogP contribution >= 0.6 is 11.3 Å². The van der Waals surface area contributed by atoms with Gasteiger partial charge in [0, 0.05) is 4.88 Å². The van der Waals surface area contributed by atoms with Gasteiger partial charge in [-0.15, -0.1) is 11.3 Å². The van der Waals surface area contributed by atoms with E-state index in [1.165, 1.54) is 10.4 Å². The molecule has 0 spiro atoms. The van der Waals surface area contributed by atoms with E-state index in [4.69, 9.17) is 15.5 Å². The molecular formula is C16H15N3OS. The number of rotatable bonds is 1. The van der Waals surface area contributed by atoms with Crippen LogP contribution in [0.2, 0.25) is 0 Å². The van der Waals surface area contributed by atoms with Crippen molar-refractivity contribution in [3.63, 3.8) is 0 Å². The number of benzene rings is 1. The van der Waals surface area contributed by atoms with E-state index < -0.39 is 0 Å². The quantitative estimate of drug-likeness (QED) is 0.748. The maximum Gasteiger partial charge on any atom is 0.139 e. The summed E-state index contributed by atoms with van der Waals surface area (Å²) in [6.45, 7) is 2.66. The van der Waals surface area contributed by atoms with E-state index in [0.29, 0.717) is 12.4 Å². The maximum atomic E-state index is 6.09. The Morgan fingerprint density at radius 1 is 1.29 bits per heavy atom. The molecule has 0 bridgehead atoms. The molecule has 0 aliphatic carbocycles. The molecule has 5 heteroatoms. The molecule has 2 N–H and O–H groups in total. The van der Waals surface area contributed by atoms with Crippen LogP contribution in [-0.4, -0.2) is 16.6 Å². The summed E-state index contributed by atoms with van der Waals surface area (Å²) >= 11 is 1.66. The zero-order chi connectivity index (χ0) is 14.4. The van der Waals surface area contributed by atoms with Crippen LogP contribution in [0.3, 0.4) is 0 Å². The van der Waals surface area contributed by atoms with E-state index in [1.54, 1.807) is 11.3 Å². The average Bonchev–Trinajstić information content (AvgIpc) is 2.88. The van der Waals surface area contributed by atoms with E-state index >= 15 is 0 Å². The third kappa shape index (κ3) is 2.14. The molecule has 4 nitrogen and oxygen atoms in total. The van der Waals surface area contributed by atoms with Crippen molar-refractivity contribution in [2.75, 3.05) is 12.3 Å². The van der Waals surface area contributed by atoms with Gasteiger partial charge in [0.05, 0.1) is 17.9 Å². The van der Waals surface area contributed by atoms with Gasteiger partial charge in [-0.1, -0.05) is 18.2 Å². The lowest BCUT2D eigenvalue weighted by molar-refractivity contribution is 0.258. The Hall–Kier alpha value is -2.14. The summed E-state index contributed by atoms with van der Waals surface area (Å²) in [6, 6.07) is 10.2. The second kappa shape index (κ2) is 4.70. The molecular weight excluding hydrogens is 282 g/mol. The number of thiophene rings is 1. The summed E-state index contributed by atoms with van der Waals surface area (Å²) < 4.78 is 5.83. The van der Waals surface area contributed by atoms with Crippen LogP contribution in [0, 0.1) is 6.92 Å². The number of anilines is 1. The van der Waals surface area contributed by atoms with Crippen molar-refractivity contribution in [1.82, 2.24) is 9.97 Å². The molecule has 0 saturated carbocycles. The van der Waals surface area contributed by atoms with Gasteiger partial charge in [0.2, 0.25) is 0 Å². The monoisotopic (exact) mass is 297 g/mol. The molecule has 1 atom stereocenters. The predicted molar refractivity (Wildman–Crippen MR) is 84.9 cm³/mol. The highest BCUT2D eigenvalue weighted by atomic mass is 32.1. The van der Waals surface area contributed by atoms with Gasteiger partial charge in [-0.2, -0.15) is 0 Å². The standard InChI is InChI=1S/C16H15N3OS/c1-9-6-12-14(17)18-15(19-16(12)21-9)11-7-10-4-2-3-5-13(10)20-8-11/h2-6,11H,7-8H2,1H3,(H2,17,18,19). The molecule has 2 aromatic heterocycles. The SMILES string of the molecule is Cc1cc2c(N)nc(C3COc4ccccc4C3)nc2s1. The summed E-state index contributed by atoms with van der Waals surface area (Å²) in [5.41, 5.74) is 7.29. The molecule has 0 radical (unpaired) electrons. The number of aromatic nitrogens is 2. The molecule has 106 valence electrons. The first kappa shape index (κ1) is 12.6. The highest BCUT2D eigenvalue weighted by Gasteiger charge is 2.24. The van der Waals surface area contributed by atoms with Gasteiger partial charge in [0.15, 0.2) is 0 Å². The Balaban J connectivity index is 1.74. The van der Waals surface area contributed by atoms with Gasteiger partial charge in [-0.25, -0.2) is 9.97 Å². The number of aryl methyl sites for hydroxylation is 1. The summed E-state index contributed by atoms with van der Waals surface area (Å²) in [5.74, 6) is 2.48. The van der Waals surface area contributed by atoms with Gasteiger partial charge < -0.3 is 10.5 Å². The van der Waals surface area contributed by atoms with Gasteiger partial charge in [0.1, 0.15) is 22.2 Å². The first-order chi connectivity index (χ1) is 10.2. The highest BCUT2D eigenvalue weighted by molar-refractivity contribution is 7.18. The highest BCUT2D eigenvalue weighted by Crippen LogP contribution is 2.33. The van der Waals surface area contributed by atoms with Crippen LogP contribution in [0.1, 0.15) is 22.2 Å². The van der Waals surface area contributed by atoms with Crippen molar-refractivity contribution in [3.8, 4) is 5.75 Å². The molecule has 21 heavy (non-hydrogen) atoms. The van der Waals surface area contributed by atoms with Crippen LogP contribution in [0.25, 0.3) is 10.2 Å². The zero-order valence-corrected chi connectivity index (χ0v) is 12.5. The van der Waals surface area contributed by atoms with E-state index in [9.17, 15) is 0 Å². The van der Waals surface area contributed by atoms with Crippen LogP contribution in [0.5, 0.6) is 5.75 Å². The van der Waals surface area contributed by atoms with E-state index in [-0.39, 0.29) is 5.92 Å². The lowest BCUT2D eigenvalue weighted by atomic mass is 9.96. The van der Waals surface area contributed by atoms with Crippen LogP contribution in [0.15, 0.2) is 30.3 Å². The molecule has 1 aliphatic heterocycles. The van der Waals surface area contributed by atoms with Crippen molar-refractivity contribution >= 4 is 27.4 Å². The fourth-order valence-corrected chi connectivity index (χ4v) is 3.65. The molecule has 0 fully saturated rings. The number of nitrogens with zero attached hydrogens (tertiary/aromatic N) is 2. The minimum atomic E-state index is 0.161. The zero-order valence-electron chi connectivity index (χ0n) is 11.7. The normalized spacial score (nSPS) is 17.5. The molecule has 3 aromatic rings. The third-order valence-corrected chi connectivity index (χ3v) is 4.75. The second-order valence-corrected chi connectivity index (χ2v) is 6.60. The first-order valence-electron chi connectivity index (χ1n) is 6.95. The summed E-state index contributed by atoms with van der Waals surface area (Å²) in [5, 5.41) is 0.957. The predicted octanol–water partition coefficient (Wildman–Crippen LogP) is 3.30. The van der Waals surface area contributed by atoms with Gasteiger partial charge in [-0.3, -0.25) is 0 Å². The molecule has 4 rings (SSSR count). The van der Waals surface area contributed by atoms with Crippen molar-refractivity contribution in [2.45, 2.75) is 19.3 Å². The average molecular weight is 297 g/mol. The van der Waals surface area contributed by atoms with E-state index in [0.717, 1.165) is 28.2 Å². The Morgan fingerprint density at radius 2 is 2.14 bits per heavy atom. The first-order valence-corrected chi connectivity index (χ1v) is 7.76. The number of fused-ring (bicyclic) bond motifs is 2. The van der Waals surface area contributed by atoms with E-state index in [2.05, 4.69) is 18.0 Å². The van der Waals surface area contributed by atoms with Crippen molar-refractivity contribution in [2.24, 2.45) is 0 Å². The molecule has 0 amide bonds. The number of para-hydroxylation sites is 1. The minimum absolute atomic E-state index is 0.161. The van der Waals surface area contributed by atoms with Crippen LogP contribution in [-0.2, 0) is 6.42 Å².